The molecule has 7 heteroatoms. The Hall–Kier alpha value is -3.48. The molecule has 2 aromatic carbocycles. The molecule has 1 aliphatic heterocycles. The summed E-state index contributed by atoms with van der Waals surface area (Å²) in [7, 11) is 0. The van der Waals surface area contributed by atoms with E-state index >= 15 is 0 Å². The fraction of sp³-hybridized carbons (Fsp3) is 0.304. The van der Waals surface area contributed by atoms with E-state index < -0.39 is 6.04 Å². The lowest BCUT2D eigenvalue weighted by atomic mass is 10.1. The third kappa shape index (κ3) is 5.31. The molecular formula is C23H26N4O3. The summed E-state index contributed by atoms with van der Waals surface area (Å²) in [5.74, 6) is -0.161. The van der Waals surface area contributed by atoms with E-state index in [4.69, 9.17) is 0 Å². The third-order valence-corrected chi connectivity index (χ3v) is 4.68. The van der Waals surface area contributed by atoms with Gasteiger partial charge in [0, 0.05) is 24.2 Å². The van der Waals surface area contributed by atoms with Crippen molar-refractivity contribution in [2.75, 3.05) is 15.6 Å². The fourth-order valence-corrected chi connectivity index (χ4v) is 3.21. The Morgan fingerprint density at radius 1 is 1.00 bits per heavy atom. The van der Waals surface area contributed by atoms with Gasteiger partial charge in [-0.15, -0.1) is 0 Å². The predicted octanol–water partition coefficient (Wildman–Crippen LogP) is 3.83. The van der Waals surface area contributed by atoms with Crippen LogP contribution in [0.5, 0.6) is 0 Å². The number of nitrogens with zero attached hydrogens (tertiary/aromatic N) is 2. The second kappa shape index (κ2) is 9.35. The van der Waals surface area contributed by atoms with Crippen molar-refractivity contribution in [1.82, 2.24) is 0 Å². The molecule has 1 unspecified atom stereocenters. The number of rotatable bonds is 7. The molecule has 0 aliphatic carbocycles. The first-order chi connectivity index (χ1) is 14.3. The van der Waals surface area contributed by atoms with Crippen LogP contribution in [0.3, 0.4) is 0 Å². The van der Waals surface area contributed by atoms with Crippen LogP contribution in [0.4, 0.5) is 17.1 Å². The van der Waals surface area contributed by atoms with Gasteiger partial charge in [-0.2, -0.15) is 5.10 Å². The van der Waals surface area contributed by atoms with E-state index in [1.807, 2.05) is 44.2 Å². The minimum Gasteiger partial charge on any atom is -0.326 e. The largest absolute Gasteiger partial charge is 0.326 e. The summed E-state index contributed by atoms with van der Waals surface area (Å²) in [6.45, 7) is 5.47. The van der Waals surface area contributed by atoms with Gasteiger partial charge in [-0.1, -0.05) is 32.0 Å². The number of benzene rings is 2. The molecule has 30 heavy (non-hydrogen) atoms. The number of carbonyl (C=O) groups is 3. The Balaban J connectivity index is 1.67. The monoisotopic (exact) mass is 406 g/mol. The highest BCUT2D eigenvalue weighted by Crippen LogP contribution is 2.25. The summed E-state index contributed by atoms with van der Waals surface area (Å²) in [4.78, 5) is 36.6. The third-order valence-electron chi connectivity index (χ3n) is 4.68. The number of carbonyl (C=O) groups excluding carboxylic acids is 3. The summed E-state index contributed by atoms with van der Waals surface area (Å²) in [6.07, 6.45) is 0.701. The van der Waals surface area contributed by atoms with Crippen LogP contribution in [0.1, 0.15) is 33.6 Å². The molecule has 1 aliphatic rings. The van der Waals surface area contributed by atoms with Gasteiger partial charge in [0.1, 0.15) is 11.8 Å². The van der Waals surface area contributed by atoms with Crippen LogP contribution in [0, 0.1) is 5.92 Å². The van der Waals surface area contributed by atoms with Gasteiger partial charge in [0.15, 0.2) is 5.78 Å². The van der Waals surface area contributed by atoms with Gasteiger partial charge < -0.3 is 10.6 Å². The van der Waals surface area contributed by atoms with Crippen LogP contribution in [-0.2, 0) is 14.4 Å². The molecule has 0 saturated carbocycles. The van der Waals surface area contributed by atoms with Crippen LogP contribution < -0.4 is 15.6 Å². The number of hydrogen-bond donors (Lipinski definition) is 2. The molecular weight excluding hydrogens is 380 g/mol. The molecule has 3 rings (SSSR count). The minimum atomic E-state index is -0.494. The van der Waals surface area contributed by atoms with Crippen molar-refractivity contribution < 1.29 is 14.4 Å². The number of para-hydroxylation sites is 1. The highest BCUT2D eigenvalue weighted by Gasteiger charge is 2.34. The zero-order valence-corrected chi connectivity index (χ0v) is 17.4. The molecule has 0 radical (unpaired) electrons. The fourth-order valence-electron chi connectivity index (χ4n) is 3.21. The molecule has 2 aromatic rings. The normalized spacial score (nSPS) is 15.7. The molecule has 1 heterocycles. The average Bonchev–Trinajstić information content (AvgIpc) is 3.15. The van der Waals surface area contributed by atoms with Gasteiger partial charge in [0.05, 0.1) is 5.69 Å². The Kier molecular flexibility index (Phi) is 6.61. The maximum atomic E-state index is 12.7. The Labute approximate surface area is 176 Å². The number of hydrogen-bond acceptors (Lipinski definition) is 5. The summed E-state index contributed by atoms with van der Waals surface area (Å²) in [5, 5.41) is 11.6. The van der Waals surface area contributed by atoms with Gasteiger partial charge in [-0.3, -0.25) is 19.4 Å². The van der Waals surface area contributed by atoms with Crippen molar-refractivity contribution in [3.63, 3.8) is 0 Å². The number of Topliss-reactive ketones (excluding diaryl/α,β-unsaturated/α-hetero) is 1. The van der Waals surface area contributed by atoms with Gasteiger partial charge >= 0.3 is 0 Å². The van der Waals surface area contributed by atoms with Crippen molar-refractivity contribution >= 4 is 40.4 Å². The highest BCUT2D eigenvalue weighted by molar-refractivity contribution is 6.44. The van der Waals surface area contributed by atoms with E-state index in [0.717, 1.165) is 5.69 Å². The lowest BCUT2D eigenvalue weighted by molar-refractivity contribution is -0.118. The van der Waals surface area contributed by atoms with Crippen LogP contribution in [-0.4, -0.2) is 29.4 Å². The number of hydrazone groups is 1. The van der Waals surface area contributed by atoms with Gasteiger partial charge in [0.2, 0.25) is 5.91 Å². The molecule has 7 nitrogen and oxygen atoms in total. The lowest BCUT2D eigenvalue weighted by Crippen LogP contribution is -2.33. The second-order valence-corrected chi connectivity index (χ2v) is 7.74. The maximum absolute atomic E-state index is 12.7. The first kappa shape index (κ1) is 21.2. The molecule has 2 amide bonds. The molecule has 0 bridgehead atoms. The van der Waals surface area contributed by atoms with E-state index in [1.54, 1.807) is 29.3 Å². The van der Waals surface area contributed by atoms with E-state index in [1.165, 1.54) is 6.92 Å². The zero-order chi connectivity index (χ0) is 21.7. The molecule has 0 fully saturated rings. The smallest absolute Gasteiger partial charge is 0.271 e. The van der Waals surface area contributed by atoms with E-state index in [9.17, 15) is 14.4 Å². The first-order valence-electron chi connectivity index (χ1n) is 9.97. The summed E-state index contributed by atoms with van der Waals surface area (Å²) in [6, 6.07) is 15.7. The van der Waals surface area contributed by atoms with Gasteiger partial charge in [0.25, 0.3) is 5.91 Å². The molecule has 2 N–H and O–H groups in total. The number of nitrogens with one attached hydrogen (secondary N) is 2. The standard InChI is InChI=1S/C23H26N4O3/c1-15(2)13-22(29)24-17-9-11-18(12-10-17)25-23(30)20-14-21(16(3)28)27(26-20)19-7-5-4-6-8-19/h4-12,15,21H,13-14H2,1-3H3,(H,24,29)(H,25,30). The molecule has 0 aromatic heterocycles. The molecule has 0 spiro atoms. The Bertz CT molecular complexity index is 952. The topological polar surface area (TPSA) is 90.9 Å². The van der Waals surface area contributed by atoms with E-state index in [-0.39, 0.29) is 29.9 Å². The molecule has 156 valence electrons. The Morgan fingerprint density at radius 2 is 1.60 bits per heavy atom. The van der Waals surface area contributed by atoms with Crippen LogP contribution in [0.2, 0.25) is 0 Å². The maximum Gasteiger partial charge on any atom is 0.271 e. The minimum absolute atomic E-state index is 0.0432. The van der Waals surface area contributed by atoms with Gasteiger partial charge in [-0.05, 0) is 49.2 Å². The summed E-state index contributed by atoms with van der Waals surface area (Å²) < 4.78 is 0. The van der Waals surface area contributed by atoms with Crippen molar-refractivity contribution in [2.24, 2.45) is 11.0 Å². The lowest BCUT2D eigenvalue weighted by Gasteiger charge is -2.20. The van der Waals surface area contributed by atoms with Gasteiger partial charge in [-0.25, -0.2) is 0 Å². The van der Waals surface area contributed by atoms with Crippen molar-refractivity contribution in [2.45, 2.75) is 39.7 Å². The van der Waals surface area contributed by atoms with Crippen LogP contribution >= 0.6 is 0 Å². The number of amides is 2. The summed E-state index contributed by atoms with van der Waals surface area (Å²) in [5.41, 5.74) is 2.32. The molecule has 1 atom stereocenters. The second-order valence-electron chi connectivity index (χ2n) is 7.74. The zero-order valence-electron chi connectivity index (χ0n) is 17.4. The van der Waals surface area contributed by atoms with Crippen molar-refractivity contribution in [3.05, 3.63) is 54.6 Å². The van der Waals surface area contributed by atoms with E-state index in [2.05, 4.69) is 15.7 Å². The molecule has 0 saturated heterocycles. The Morgan fingerprint density at radius 3 is 2.17 bits per heavy atom. The predicted molar refractivity (Wildman–Crippen MR) is 119 cm³/mol. The number of anilines is 3. The number of ketones is 1. The van der Waals surface area contributed by atoms with Crippen LogP contribution in [0.15, 0.2) is 59.7 Å². The summed E-state index contributed by atoms with van der Waals surface area (Å²) >= 11 is 0. The van der Waals surface area contributed by atoms with Crippen molar-refractivity contribution in [1.29, 1.82) is 0 Å². The van der Waals surface area contributed by atoms with Crippen molar-refractivity contribution in [3.8, 4) is 0 Å². The quantitative estimate of drug-likeness (QED) is 0.731. The first-order valence-corrected chi connectivity index (χ1v) is 9.97. The van der Waals surface area contributed by atoms with Crippen LogP contribution in [0.25, 0.3) is 0 Å². The highest BCUT2D eigenvalue weighted by atomic mass is 16.2. The van der Waals surface area contributed by atoms with E-state index in [0.29, 0.717) is 23.5 Å². The SMILES string of the molecule is CC(=O)C1CC(C(=O)Nc2ccc(NC(=O)CC(C)C)cc2)=NN1c1ccccc1. The average molecular weight is 406 g/mol.